The van der Waals surface area contributed by atoms with E-state index in [4.69, 9.17) is 16.3 Å². The molecule has 1 heterocycles. The number of pyridine rings is 1. The minimum atomic E-state index is -0.370. The fraction of sp³-hybridized carbons (Fsp3) is 0.250. The molecule has 2 rings (SSSR count). The summed E-state index contributed by atoms with van der Waals surface area (Å²) in [5.41, 5.74) is 3.70. The molecule has 20 heavy (non-hydrogen) atoms. The topological polar surface area (TPSA) is 39.2 Å². The highest BCUT2D eigenvalue weighted by atomic mass is 35.5. The van der Waals surface area contributed by atoms with E-state index in [0.717, 1.165) is 27.7 Å². The van der Waals surface area contributed by atoms with Crippen LogP contribution in [0, 0.1) is 13.8 Å². The number of aryl methyl sites for hydroxylation is 2. The van der Waals surface area contributed by atoms with Gasteiger partial charge in [-0.2, -0.15) is 0 Å². The van der Waals surface area contributed by atoms with Crippen LogP contribution in [0.25, 0.3) is 17.0 Å². The molecule has 2 aromatic rings. The van der Waals surface area contributed by atoms with Crippen LogP contribution in [0.5, 0.6) is 0 Å². The molecule has 0 spiro atoms. The number of hydrogen-bond donors (Lipinski definition) is 0. The molecule has 0 atom stereocenters. The van der Waals surface area contributed by atoms with E-state index in [9.17, 15) is 4.79 Å². The average molecular weight is 290 g/mol. The minimum absolute atomic E-state index is 0.357. The van der Waals surface area contributed by atoms with Crippen molar-refractivity contribution in [3.8, 4) is 0 Å². The Hall–Kier alpha value is -1.87. The SMILES string of the molecule is CCOC(=O)/C=C/c1cc(Cl)cc2c(C)cc(C)nc12. The van der Waals surface area contributed by atoms with E-state index in [0.29, 0.717) is 11.6 Å². The van der Waals surface area contributed by atoms with E-state index in [1.54, 1.807) is 19.1 Å². The van der Waals surface area contributed by atoms with Crippen LogP contribution in [0.3, 0.4) is 0 Å². The monoisotopic (exact) mass is 289 g/mol. The van der Waals surface area contributed by atoms with Crippen molar-refractivity contribution in [2.75, 3.05) is 6.61 Å². The van der Waals surface area contributed by atoms with Crippen LogP contribution < -0.4 is 0 Å². The van der Waals surface area contributed by atoms with Crippen molar-refractivity contribution in [3.05, 3.63) is 46.1 Å². The molecular weight excluding hydrogens is 274 g/mol. The van der Waals surface area contributed by atoms with Gasteiger partial charge in [-0.1, -0.05) is 11.6 Å². The highest BCUT2D eigenvalue weighted by molar-refractivity contribution is 6.31. The lowest BCUT2D eigenvalue weighted by molar-refractivity contribution is -0.137. The number of carbonyl (C=O) groups excluding carboxylic acids is 1. The van der Waals surface area contributed by atoms with Crippen molar-refractivity contribution >= 4 is 34.5 Å². The molecule has 0 aliphatic heterocycles. The molecule has 0 saturated carbocycles. The van der Waals surface area contributed by atoms with Crippen molar-refractivity contribution < 1.29 is 9.53 Å². The summed E-state index contributed by atoms with van der Waals surface area (Å²) in [5.74, 6) is -0.370. The molecule has 0 N–H and O–H groups in total. The Morgan fingerprint density at radius 2 is 2.10 bits per heavy atom. The maximum Gasteiger partial charge on any atom is 0.330 e. The highest BCUT2D eigenvalue weighted by Crippen LogP contribution is 2.26. The first-order valence-electron chi connectivity index (χ1n) is 6.43. The normalized spacial score (nSPS) is 11.2. The minimum Gasteiger partial charge on any atom is -0.463 e. The summed E-state index contributed by atoms with van der Waals surface area (Å²) in [7, 11) is 0. The summed E-state index contributed by atoms with van der Waals surface area (Å²) in [6, 6.07) is 5.70. The van der Waals surface area contributed by atoms with E-state index in [1.165, 1.54) is 6.08 Å². The fourth-order valence-corrected chi connectivity index (χ4v) is 2.35. The van der Waals surface area contributed by atoms with Gasteiger partial charge >= 0.3 is 5.97 Å². The van der Waals surface area contributed by atoms with E-state index in [1.807, 2.05) is 26.0 Å². The maximum atomic E-state index is 11.4. The van der Waals surface area contributed by atoms with Crippen molar-refractivity contribution in [2.45, 2.75) is 20.8 Å². The summed E-state index contributed by atoms with van der Waals surface area (Å²) in [5, 5.41) is 1.61. The van der Waals surface area contributed by atoms with Crippen LogP contribution in [0.1, 0.15) is 23.7 Å². The Morgan fingerprint density at radius 1 is 1.35 bits per heavy atom. The van der Waals surface area contributed by atoms with E-state index < -0.39 is 0 Å². The summed E-state index contributed by atoms with van der Waals surface area (Å²) >= 11 is 6.13. The Morgan fingerprint density at radius 3 is 2.80 bits per heavy atom. The van der Waals surface area contributed by atoms with Crippen molar-refractivity contribution in [3.63, 3.8) is 0 Å². The number of nitrogens with zero attached hydrogens (tertiary/aromatic N) is 1. The van der Waals surface area contributed by atoms with Gasteiger partial charge < -0.3 is 4.74 Å². The molecule has 0 aliphatic rings. The maximum absolute atomic E-state index is 11.4. The lowest BCUT2D eigenvalue weighted by atomic mass is 10.0. The number of ether oxygens (including phenoxy) is 1. The van der Waals surface area contributed by atoms with Crippen LogP contribution >= 0.6 is 11.6 Å². The van der Waals surface area contributed by atoms with E-state index >= 15 is 0 Å². The molecule has 104 valence electrons. The van der Waals surface area contributed by atoms with Crippen molar-refractivity contribution in [1.29, 1.82) is 0 Å². The average Bonchev–Trinajstić information content (AvgIpc) is 2.37. The number of benzene rings is 1. The molecule has 4 heteroatoms. The molecule has 0 bridgehead atoms. The zero-order valence-corrected chi connectivity index (χ0v) is 12.5. The molecule has 0 aliphatic carbocycles. The third-order valence-corrected chi connectivity index (χ3v) is 3.15. The van der Waals surface area contributed by atoms with Crippen molar-refractivity contribution in [2.24, 2.45) is 0 Å². The number of aromatic nitrogens is 1. The lowest BCUT2D eigenvalue weighted by Crippen LogP contribution is -1.99. The van der Waals surface area contributed by atoms with Gasteiger partial charge in [-0.05, 0) is 50.6 Å². The van der Waals surface area contributed by atoms with Gasteiger partial charge in [0.25, 0.3) is 0 Å². The number of esters is 1. The van der Waals surface area contributed by atoms with Crippen LogP contribution in [-0.4, -0.2) is 17.6 Å². The van der Waals surface area contributed by atoms with Gasteiger partial charge in [0.05, 0.1) is 12.1 Å². The molecule has 0 amide bonds. The van der Waals surface area contributed by atoms with Gasteiger partial charge in [-0.15, -0.1) is 0 Å². The van der Waals surface area contributed by atoms with Crippen LogP contribution in [0.4, 0.5) is 0 Å². The smallest absolute Gasteiger partial charge is 0.330 e. The van der Waals surface area contributed by atoms with Gasteiger partial charge in [0.15, 0.2) is 0 Å². The quantitative estimate of drug-likeness (QED) is 0.631. The Balaban J connectivity index is 2.55. The van der Waals surface area contributed by atoms with Gasteiger partial charge in [-0.25, -0.2) is 4.79 Å². The van der Waals surface area contributed by atoms with Gasteiger partial charge in [-0.3, -0.25) is 4.98 Å². The number of carbonyl (C=O) groups is 1. The van der Waals surface area contributed by atoms with Gasteiger partial charge in [0, 0.05) is 27.7 Å². The number of fused-ring (bicyclic) bond motifs is 1. The van der Waals surface area contributed by atoms with Crippen LogP contribution in [-0.2, 0) is 9.53 Å². The van der Waals surface area contributed by atoms with Crippen LogP contribution in [0.2, 0.25) is 5.02 Å². The summed E-state index contributed by atoms with van der Waals surface area (Å²) in [4.78, 5) is 15.9. The predicted octanol–water partition coefficient (Wildman–Crippen LogP) is 4.08. The number of rotatable bonds is 3. The zero-order valence-electron chi connectivity index (χ0n) is 11.7. The Kier molecular flexibility index (Phi) is 4.40. The second kappa shape index (κ2) is 6.06. The van der Waals surface area contributed by atoms with Crippen LogP contribution in [0.15, 0.2) is 24.3 Å². The third kappa shape index (κ3) is 3.17. The predicted molar refractivity (Wildman–Crippen MR) is 81.9 cm³/mol. The summed E-state index contributed by atoms with van der Waals surface area (Å²) in [6.45, 7) is 6.09. The molecule has 1 aromatic carbocycles. The summed E-state index contributed by atoms with van der Waals surface area (Å²) in [6.07, 6.45) is 3.09. The van der Waals surface area contributed by atoms with Gasteiger partial charge in [0.2, 0.25) is 0 Å². The molecule has 0 fully saturated rings. The van der Waals surface area contributed by atoms with Crippen molar-refractivity contribution in [1.82, 2.24) is 4.98 Å². The molecule has 0 radical (unpaired) electrons. The first-order chi connectivity index (χ1) is 9.51. The lowest BCUT2D eigenvalue weighted by Gasteiger charge is -2.07. The first-order valence-corrected chi connectivity index (χ1v) is 6.81. The largest absolute Gasteiger partial charge is 0.463 e. The zero-order chi connectivity index (χ0) is 14.7. The fourth-order valence-electron chi connectivity index (χ4n) is 2.12. The highest BCUT2D eigenvalue weighted by Gasteiger charge is 2.07. The Bertz CT molecular complexity index is 692. The molecule has 0 unspecified atom stereocenters. The molecular formula is C16H16ClNO2. The number of halogens is 1. The second-order valence-electron chi connectivity index (χ2n) is 4.56. The number of hydrogen-bond acceptors (Lipinski definition) is 3. The molecule has 3 nitrogen and oxygen atoms in total. The Labute approximate surface area is 123 Å². The summed E-state index contributed by atoms with van der Waals surface area (Å²) < 4.78 is 4.87. The molecule has 0 saturated heterocycles. The third-order valence-electron chi connectivity index (χ3n) is 2.93. The molecule has 1 aromatic heterocycles. The van der Waals surface area contributed by atoms with E-state index in [-0.39, 0.29) is 5.97 Å². The first kappa shape index (κ1) is 14.5. The van der Waals surface area contributed by atoms with E-state index in [2.05, 4.69) is 4.98 Å². The standard InChI is InChI=1S/C16H16ClNO2/c1-4-20-15(19)6-5-12-8-13(17)9-14-10(2)7-11(3)18-16(12)14/h5-9H,4H2,1-3H3/b6-5+. The second-order valence-corrected chi connectivity index (χ2v) is 4.99. The van der Waals surface area contributed by atoms with Gasteiger partial charge in [0.1, 0.15) is 0 Å².